The van der Waals surface area contributed by atoms with Crippen molar-refractivity contribution >= 4 is 45.5 Å². The standard InChI is InChI=1S/C23H29N3O2S2/c1-12-6-7-14(10-13(12)2)20(28)25-22(29)26-21-18(19(24)27)16-9-8-15(23(3,4)5)11-17(16)30-21/h6-7,10,15H,8-9,11H2,1-5H3,(H2,24,27)(H2,25,26,28,29). The number of benzene rings is 1. The number of thiocarbonyl (C=S) groups is 1. The van der Waals surface area contributed by atoms with Crippen molar-refractivity contribution in [3.05, 3.63) is 50.9 Å². The summed E-state index contributed by atoms with van der Waals surface area (Å²) in [6, 6.07) is 5.51. The average Bonchev–Trinajstić information content (AvgIpc) is 2.99. The topological polar surface area (TPSA) is 84.2 Å². The van der Waals surface area contributed by atoms with E-state index >= 15 is 0 Å². The summed E-state index contributed by atoms with van der Waals surface area (Å²) in [5, 5.41) is 6.53. The zero-order valence-corrected chi connectivity index (χ0v) is 19.8. The maximum atomic E-state index is 12.5. The summed E-state index contributed by atoms with van der Waals surface area (Å²) in [4.78, 5) is 25.9. The van der Waals surface area contributed by atoms with Crippen LogP contribution in [0, 0.1) is 25.2 Å². The number of amides is 2. The monoisotopic (exact) mass is 443 g/mol. The van der Waals surface area contributed by atoms with Crippen LogP contribution in [0.5, 0.6) is 0 Å². The van der Waals surface area contributed by atoms with Gasteiger partial charge in [0, 0.05) is 10.4 Å². The predicted octanol–water partition coefficient (Wildman–Crippen LogP) is 4.74. The Morgan fingerprint density at radius 1 is 1.20 bits per heavy atom. The number of hydrogen-bond donors (Lipinski definition) is 3. The number of fused-ring (bicyclic) bond motifs is 1. The number of anilines is 1. The summed E-state index contributed by atoms with van der Waals surface area (Å²) in [7, 11) is 0. The molecule has 5 nitrogen and oxygen atoms in total. The fraction of sp³-hybridized carbons (Fsp3) is 0.435. The third kappa shape index (κ3) is 4.73. The Kier molecular flexibility index (Phi) is 6.34. The summed E-state index contributed by atoms with van der Waals surface area (Å²) >= 11 is 6.87. The number of thiophene rings is 1. The summed E-state index contributed by atoms with van der Waals surface area (Å²) in [5.41, 5.74) is 10.1. The van der Waals surface area contributed by atoms with Crippen LogP contribution in [0.4, 0.5) is 5.00 Å². The molecule has 1 heterocycles. The SMILES string of the molecule is Cc1ccc(C(=O)NC(=S)Nc2sc3c(c2C(N)=O)CCC(C(C)(C)C)C3)cc1C. The highest BCUT2D eigenvalue weighted by atomic mass is 32.1. The van der Waals surface area contributed by atoms with Crippen LogP contribution in [0.15, 0.2) is 18.2 Å². The van der Waals surface area contributed by atoms with Gasteiger partial charge in [-0.3, -0.25) is 14.9 Å². The molecule has 0 saturated carbocycles. The molecule has 1 atom stereocenters. The van der Waals surface area contributed by atoms with E-state index in [1.54, 1.807) is 6.07 Å². The largest absolute Gasteiger partial charge is 0.365 e. The second kappa shape index (κ2) is 8.47. The van der Waals surface area contributed by atoms with Gasteiger partial charge in [-0.25, -0.2) is 0 Å². The van der Waals surface area contributed by atoms with Crippen molar-refractivity contribution < 1.29 is 9.59 Å². The highest BCUT2D eigenvalue weighted by Crippen LogP contribution is 2.44. The smallest absolute Gasteiger partial charge is 0.257 e. The van der Waals surface area contributed by atoms with Crippen LogP contribution in [0.25, 0.3) is 0 Å². The zero-order chi connectivity index (χ0) is 22.2. The van der Waals surface area contributed by atoms with Crippen molar-refractivity contribution in [3.63, 3.8) is 0 Å². The fourth-order valence-electron chi connectivity index (χ4n) is 3.87. The number of nitrogens with one attached hydrogen (secondary N) is 2. The maximum absolute atomic E-state index is 12.5. The van der Waals surface area contributed by atoms with E-state index in [1.807, 2.05) is 26.0 Å². The molecule has 0 bridgehead atoms. The van der Waals surface area contributed by atoms with Gasteiger partial charge in [0.2, 0.25) is 0 Å². The summed E-state index contributed by atoms with van der Waals surface area (Å²) in [6.07, 6.45) is 2.78. The van der Waals surface area contributed by atoms with Crippen LogP contribution < -0.4 is 16.4 Å². The predicted molar refractivity (Wildman–Crippen MR) is 127 cm³/mol. The minimum absolute atomic E-state index is 0.159. The molecule has 1 aromatic carbocycles. The van der Waals surface area contributed by atoms with E-state index in [4.69, 9.17) is 18.0 Å². The van der Waals surface area contributed by atoms with E-state index in [-0.39, 0.29) is 16.4 Å². The first kappa shape index (κ1) is 22.4. The number of rotatable bonds is 3. The van der Waals surface area contributed by atoms with Gasteiger partial charge in [-0.15, -0.1) is 11.3 Å². The molecule has 4 N–H and O–H groups in total. The van der Waals surface area contributed by atoms with Gasteiger partial charge in [0.1, 0.15) is 5.00 Å². The van der Waals surface area contributed by atoms with Gasteiger partial charge in [-0.05, 0) is 85.5 Å². The van der Waals surface area contributed by atoms with Crippen LogP contribution in [-0.4, -0.2) is 16.9 Å². The van der Waals surface area contributed by atoms with Crippen molar-refractivity contribution in [2.24, 2.45) is 17.1 Å². The Morgan fingerprint density at radius 3 is 2.50 bits per heavy atom. The molecule has 0 saturated heterocycles. The molecule has 1 aliphatic carbocycles. The summed E-state index contributed by atoms with van der Waals surface area (Å²) in [5.74, 6) is -0.202. The Labute approximate surface area is 187 Å². The second-order valence-corrected chi connectivity index (χ2v) is 10.6. The van der Waals surface area contributed by atoms with E-state index < -0.39 is 5.91 Å². The molecule has 0 radical (unpaired) electrons. The van der Waals surface area contributed by atoms with Crippen LogP contribution in [0.1, 0.15) is 69.5 Å². The van der Waals surface area contributed by atoms with Gasteiger partial charge in [0.15, 0.2) is 5.11 Å². The Balaban J connectivity index is 1.78. The van der Waals surface area contributed by atoms with Gasteiger partial charge < -0.3 is 11.1 Å². The fourth-order valence-corrected chi connectivity index (χ4v) is 5.46. The van der Waals surface area contributed by atoms with Gasteiger partial charge in [-0.1, -0.05) is 26.8 Å². The molecule has 1 unspecified atom stereocenters. The number of carbonyl (C=O) groups is 2. The average molecular weight is 444 g/mol. The highest BCUT2D eigenvalue weighted by molar-refractivity contribution is 7.80. The lowest BCUT2D eigenvalue weighted by atomic mass is 9.72. The van der Waals surface area contributed by atoms with Crippen molar-refractivity contribution in [2.75, 3.05) is 5.32 Å². The zero-order valence-electron chi connectivity index (χ0n) is 18.1. The summed E-state index contributed by atoms with van der Waals surface area (Å²) in [6.45, 7) is 10.7. The molecule has 1 aliphatic rings. The molecule has 0 aliphatic heterocycles. The quantitative estimate of drug-likeness (QED) is 0.598. The molecular formula is C23H29N3O2S2. The first-order valence-electron chi connectivity index (χ1n) is 10.1. The molecular weight excluding hydrogens is 414 g/mol. The minimum atomic E-state index is -0.465. The highest BCUT2D eigenvalue weighted by Gasteiger charge is 2.33. The number of primary amides is 1. The van der Waals surface area contributed by atoms with Crippen molar-refractivity contribution in [3.8, 4) is 0 Å². The molecule has 0 fully saturated rings. The van der Waals surface area contributed by atoms with Gasteiger partial charge >= 0.3 is 0 Å². The third-order valence-corrected chi connectivity index (χ3v) is 7.33. The summed E-state index contributed by atoms with van der Waals surface area (Å²) < 4.78 is 0. The van der Waals surface area contributed by atoms with E-state index in [0.29, 0.717) is 22.0 Å². The maximum Gasteiger partial charge on any atom is 0.257 e. The lowest BCUT2D eigenvalue weighted by molar-refractivity contribution is 0.0975. The molecule has 1 aromatic heterocycles. The molecule has 7 heteroatoms. The first-order chi connectivity index (χ1) is 14.0. The van der Waals surface area contributed by atoms with Crippen LogP contribution in [0.2, 0.25) is 0 Å². The van der Waals surface area contributed by atoms with Crippen LogP contribution in [0.3, 0.4) is 0 Å². The van der Waals surface area contributed by atoms with Gasteiger partial charge in [-0.2, -0.15) is 0 Å². The van der Waals surface area contributed by atoms with Crippen LogP contribution in [-0.2, 0) is 12.8 Å². The Morgan fingerprint density at radius 2 is 1.90 bits per heavy atom. The minimum Gasteiger partial charge on any atom is -0.365 e. The number of aryl methyl sites for hydroxylation is 2. The van der Waals surface area contributed by atoms with E-state index in [1.165, 1.54) is 16.2 Å². The Bertz CT molecular complexity index is 1020. The van der Waals surface area contributed by atoms with Crippen molar-refractivity contribution in [2.45, 2.75) is 53.9 Å². The first-order valence-corrected chi connectivity index (χ1v) is 11.3. The van der Waals surface area contributed by atoms with E-state index in [9.17, 15) is 9.59 Å². The lowest BCUT2D eigenvalue weighted by Crippen LogP contribution is -2.34. The third-order valence-electron chi connectivity index (χ3n) is 5.96. The van der Waals surface area contributed by atoms with Gasteiger partial charge in [0.25, 0.3) is 11.8 Å². The number of carbonyl (C=O) groups excluding carboxylic acids is 2. The van der Waals surface area contributed by atoms with Crippen LogP contribution >= 0.6 is 23.6 Å². The number of nitrogens with two attached hydrogens (primary N) is 1. The molecule has 160 valence electrons. The van der Waals surface area contributed by atoms with E-state index in [0.717, 1.165) is 36.0 Å². The molecule has 30 heavy (non-hydrogen) atoms. The molecule has 2 amide bonds. The molecule has 3 rings (SSSR count). The molecule has 0 spiro atoms. The van der Waals surface area contributed by atoms with Crippen molar-refractivity contribution in [1.82, 2.24) is 5.32 Å². The molecule has 2 aromatic rings. The lowest BCUT2D eigenvalue weighted by Gasteiger charge is -2.33. The van der Waals surface area contributed by atoms with E-state index in [2.05, 4.69) is 31.4 Å². The Hall–Kier alpha value is -2.25. The number of hydrogen-bond acceptors (Lipinski definition) is 4. The van der Waals surface area contributed by atoms with Crippen molar-refractivity contribution in [1.29, 1.82) is 0 Å². The normalized spacial score (nSPS) is 16.0. The van der Waals surface area contributed by atoms with Gasteiger partial charge in [0.05, 0.1) is 5.56 Å². The second-order valence-electron chi connectivity index (χ2n) is 9.09.